The SMILES string of the molecule is Cc1cc(N)n(-c2ccc(C(=O)N(Cc3ccccn3)CC3CCCO3)cc2)n1.Cl. The van der Waals surface area contributed by atoms with E-state index in [0.717, 1.165) is 36.5 Å². The number of benzene rings is 1. The van der Waals surface area contributed by atoms with Crippen LogP contribution in [-0.4, -0.2) is 44.8 Å². The van der Waals surface area contributed by atoms with E-state index in [2.05, 4.69) is 10.1 Å². The second-order valence-corrected chi connectivity index (χ2v) is 7.31. The normalized spacial score (nSPS) is 15.6. The Labute approximate surface area is 182 Å². The molecule has 0 radical (unpaired) electrons. The van der Waals surface area contributed by atoms with Crippen molar-refractivity contribution in [1.29, 1.82) is 0 Å². The third-order valence-corrected chi connectivity index (χ3v) is 5.03. The Morgan fingerprint density at radius 1 is 1.27 bits per heavy atom. The lowest BCUT2D eigenvalue weighted by atomic mass is 10.1. The van der Waals surface area contributed by atoms with E-state index in [9.17, 15) is 4.79 Å². The van der Waals surface area contributed by atoms with Crippen LogP contribution in [0.3, 0.4) is 0 Å². The minimum atomic E-state index is -0.0395. The number of pyridine rings is 1. The molecule has 0 aliphatic carbocycles. The zero-order chi connectivity index (χ0) is 20.2. The first-order valence-corrected chi connectivity index (χ1v) is 9.83. The van der Waals surface area contributed by atoms with Crippen molar-refractivity contribution in [3.05, 3.63) is 71.7 Å². The number of aromatic nitrogens is 3. The summed E-state index contributed by atoms with van der Waals surface area (Å²) in [6.45, 7) is 3.66. The molecule has 8 heteroatoms. The fourth-order valence-electron chi connectivity index (χ4n) is 3.59. The molecule has 1 saturated heterocycles. The summed E-state index contributed by atoms with van der Waals surface area (Å²) < 4.78 is 7.43. The van der Waals surface area contributed by atoms with Crippen molar-refractivity contribution < 1.29 is 9.53 Å². The van der Waals surface area contributed by atoms with Crippen LogP contribution in [0.4, 0.5) is 5.82 Å². The number of hydrogen-bond donors (Lipinski definition) is 1. The number of nitrogens with zero attached hydrogens (tertiary/aromatic N) is 4. The van der Waals surface area contributed by atoms with Gasteiger partial charge in [0, 0.05) is 31.0 Å². The number of amides is 1. The molecule has 0 bridgehead atoms. The summed E-state index contributed by atoms with van der Waals surface area (Å²) in [5.74, 6) is 0.527. The number of rotatable bonds is 6. The van der Waals surface area contributed by atoms with Crippen LogP contribution in [0.15, 0.2) is 54.7 Å². The molecule has 1 unspecified atom stereocenters. The highest BCUT2D eigenvalue weighted by Crippen LogP contribution is 2.19. The van der Waals surface area contributed by atoms with Crippen LogP contribution in [0.2, 0.25) is 0 Å². The number of ether oxygens (including phenoxy) is 1. The van der Waals surface area contributed by atoms with Crippen molar-refractivity contribution in [2.45, 2.75) is 32.4 Å². The minimum Gasteiger partial charge on any atom is -0.384 e. The van der Waals surface area contributed by atoms with E-state index in [0.29, 0.717) is 24.5 Å². The van der Waals surface area contributed by atoms with Crippen LogP contribution in [0.5, 0.6) is 0 Å². The first-order chi connectivity index (χ1) is 14.1. The van der Waals surface area contributed by atoms with Crippen LogP contribution in [0.1, 0.15) is 34.6 Å². The predicted octanol–water partition coefficient (Wildman–Crippen LogP) is 3.40. The molecule has 2 N–H and O–H groups in total. The van der Waals surface area contributed by atoms with Gasteiger partial charge >= 0.3 is 0 Å². The van der Waals surface area contributed by atoms with E-state index in [1.165, 1.54) is 0 Å². The van der Waals surface area contributed by atoms with Crippen molar-refractivity contribution in [3.8, 4) is 5.69 Å². The number of nitrogens with two attached hydrogens (primary N) is 1. The average Bonchev–Trinajstić information content (AvgIpc) is 3.37. The topological polar surface area (TPSA) is 86.3 Å². The Morgan fingerprint density at radius 3 is 2.67 bits per heavy atom. The number of carbonyl (C=O) groups excluding carboxylic acids is 1. The maximum absolute atomic E-state index is 13.3. The number of aryl methyl sites for hydroxylation is 1. The molecule has 3 heterocycles. The Hall–Kier alpha value is -2.90. The third-order valence-electron chi connectivity index (χ3n) is 5.03. The highest BCUT2D eigenvalue weighted by Gasteiger charge is 2.24. The lowest BCUT2D eigenvalue weighted by Gasteiger charge is -2.25. The Morgan fingerprint density at radius 2 is 2.07 bits per heavy atom. The molecule has 2 aromatic heterocycles. The first-order valence-electron chi connectivity index (χ1n) is 9.83. The fourth-order valence-corrected chi connectivity index (χ4v) is 3.59. The second kappa shape index (κ2) is 9.73. The van der Waals surface area contributed by atoms with Crippen molar-refractivity contribution in [1.82, 2.24) is 19.7 Å². The molecule has 158 valence electrons. The Balaban J connectivity index is 0.00000256. The molecule has 1 aromatic carbocycles. The highest BCUT2D eigenvalue weighted by molar-refractivity contribution is 5.94. The van der Waals surface area contributed by atoms with Crippen molar-refractivity contribution in [3.63, 3.8) is 0 Å². The van der Waals surface area contributed by atoms with Crippen molar-refractivity contribution in [2.75, 3.05) is 18.9 Å². The molecule has 0 spiro atoms. The lowest BCUT2D eigenvalue weighted by Crippen LogP contribution is -2.37. The largest absolute Gasteiger partial charge is 0.384 e. The summed E-state index contributed by atoms with van der Waals surface area (Å²) in [6.07, 6.45) is 3.84. The third kappa shape index (κ3) is 4.98. The standard InChI is InChI=1S/C22H25N5O2.ClH/c1-16-13-21(23)27(25-16)19-9-7-17(8-10-19)22(28)26(15-20-6-4-12-29-20)14-18-5-2-3-11-24-18;/h2-3,5,7-11,13,20H,4,6,12,14-15,23H2,1H3;1H. The van der Waals surface area contributed by atoms with Crippen LogP contribution in [-0.2, 0) is 11.3 Å². The van der Waals surface area contributed by atoms with Gasteiger partial charge in [0.15, 0.2) is 0 Å². The molecule has 1 aliphatic rings. The monoisotopic (exact) mass is 427 g/mol. The van der Waals surface area contributed by atoms with Gasteiger partial charge in [0.2, 0.25) is 0 Å². The number of nitrogen functional groups attached to an aromatic ring is 1. The molecular weight excluding hydrogens is 402 g/mol. The van der Waals surface area contributed by atoms with E-state index in [-0.39, 0.29) is 24.4 Å². The van der Waals surface area contributed by atoms with Gasteiger partial charge in [-0.3, -0.25) is 9.78 Å². The zero-order valence-electron chi connectivity index (χ0n) is 16.9. The molecule has 3 aromatic rings. The summed E-state index contributed by atoms with van der Waals surface area (Å²) >= 11 is 0. The average molecular weight is 428 g/mol. The quantitative estimate of drug-likeness (QED) is 0.651. The number of hydrogen-bond acceptors (Lipinski definition) is 5. The van der Waals surface area contributed by atoms with Gasteiger partial charge in [0.1, 0.15) is 5.82 Å². The highest BCUT2D eigenvalue weighted by atomic mass is 35.5. The van der Waals surface area contributed by atoms with E-state index in [4.69, 9.17) is 10.5 Å². The van der Waals surface area contributed by atoms with Gasteiger partial charge in [-0.05, 0) is 56.2 Å². The van der Waals surface area contributed by atoms with Gasteiger partial charge in [-0.2, -0.15) is 5.10 Å². The molecular formula is C22H26ClN5O2. The van der Waals surface area contributed by atoms with Gasteiger partial charge in [-0.1, -0.05) is 6.07 Å². The van der Waals surface area contributed by atoms with Crippen LogP contribution >= 0.6 is 12.4 Å². The zero-order valence-corrected chi connectivity index (χ0v) is 17.7. The molecule has 0 saturated carbocycles. The Kier molecular flexibility index (Phi) is 7.07. The molecule has 7 nitrogen and oxygen atoms in total. The number of anilines is 1. The summed E-state index contributed by atoms with van der Waals surface area (Å²) in [4.78, 5) is 19.4. The van der Waals surface area contributed by atoms with Crippen LogP contribution < -0.4 is 5.73 Å². The maximum Gasteiger partial charge on any atom is 0.254 e. The summed E-state index contributed by atoms with van der Waals surface area (Å²) in [7, 11) is 0. The first kappa shape index (κ1) is 21.8. The number of carbonyl (C=O) groups is 1. The van der Waals surface area contributed by atoms with Crippen molar-refractivity contribution in [2.24, 2.45) is 0 Å². The van der Waals surface area contributed by atoms with Gasteiger partial charge in [0.05, 0.1) is 29.7 Å². The van der Waals surface area contributed by atoms with Gasteiger partial charge < -0.3 is 15.4 Å². The van der Waals surface area contributed by atoms with E-state index >= 15 is 0 Å². The van der Waals surface area contributed by atoms with Gasteiger partial charge in [-0.15, -0.1) is 12.4 Å². The van der Waals surface area contributed by atoms with Crippen LogP contribution in [0.25, 0.3) is 5.69 Å². The molecule has 1 fully saturated rings. The molecule has 1 amide bonds. The molecule has 30 heavy (non-hydrogen) atoms. The minimum absolute atomic E-state index is 0. The van der Waals surface area contributed by atoms with Gasteiger partial charge in [-0.25, -0.2) is 4.68 Å². The van der Waals surface area contributed by atoms with E-state index < -0.39 is 0 Å². The summed E-state index contributed by atoms with van der Waals surface area (Å²) in [6, 6.07) is 14.9. The van der Waals surface area contributed by atoms with Crippen molar-refractivity contribution >= 4 is 24.1 Å². The lowest BCUT2D eigenvalue weighted by molar-refractivity contribution is 0.0504. The van der Waals surface area contributed by atoms with E-state index in [1.54, 1.807) is 10.9 Å². The summed E-state index contributed by atoms with van der Waals surface area (Å²) in [5, 5.41) is 4.39. The summed E-state index contributed by atoms with van der Waals surface area (Å²) in [5.41, 5.74) is 9.14. The van der Waals surface area contributed by atoms with Gasteiger partial charge in [0.25, 0.3) is 5.91 Å². The maximum atomic E-state index is 13.3. The molecule has 4 rings (SSSR count). The second-order valence-electron chi connectivity index (χ2n) is 7.31. The fraction of sp³-hybridized carbons (Fsp3) is 0.318. The predicted molar refractivity (Wildman–Crippen MR) is 118 cm³/mol. The van der Waals surface area contributed by atoms with E-state index in [1.807, 2.05) is 60.4 Å². The molecule has 1 atom stereocenters. The Bertz CT molecular complexity index is 969. The smallest absolute Gasteiger partial charge is 0.254 e. The molecule has 1 aliphatic heterocycles. The van der Waals surface area contributed by atoms with Crippen LogP contribution in [0, 0.1) is 6.92 Å². The number of halogens is 1.